The lowest BCUT2D eigenvalue weighted by Crippen LogP contribution is -2.12. The molecule has 0 aromatic heterocycles. The van der Waals surface area contributed by atoms with Crippen molar-refractivity contribution in [1.29, 1.82) is 0 Å². The molecule has 1 aliphatic rings. The molecule has 0 spiro atoms. The topological polar surface area (TPSA) is 87.3 Å². The highest BCUT2D eigenvalue weighted by Crippen LogP contribution is 2.24. The van der Waals surface area contributed by atoms with Crippen LogP contribution in [0.5, 0.6) is 0 Å². The molecule has 6 nitrogen and oxygen atoms in total. The Morgan fingerprint density at radius 1 is 1.04 bits per heavy atom. The third kappa shape index (κ3) is 3.37. The summed E-state index contributed by atoms with van der Waals surface area (Å²) < 4.78 is 0. The van der Waals surface area contributed by atoms with Crippen molar-refractivity contribution in [3.8, 4) is 0 Å². The minimum absolute atomic E-state index is 0.0689. The molecule has 3 rings (SSSR count). The average molecular weight is 309 g/mol. The van der Waals surface area contributed by atoms with Crippen LogP contribution in [0.25, 0.3) is 0 Å². The molecule has 6 heteroatoms. The van der Waals surface area contributed by atoms with Crippen molar-refractivity contribution in [3.63, 3.8) is 0 Å². The van der Waals surface area contributed by atoms with E-state index >= 15 is 0 Å². The van der Waals surface area contributed by atoms with Gasteiger partial charge in [0.2, 0.25) is 11.8 Å². The van der Waals surface area contributed by atoms with Gasteiger partial charge in [-0.25, -0.2) is 0 Å². The van der Waals surface area contributed by atoms with E-state index in [4.69, 9.17) is 0 Å². The predicted octanol–water partition coefficient (Wildman–Crippen LogP) is 2.39. The van der Waals surface area contributed by atoms with Gasteiger partial charge in [-0.05, 0) is 42.0 Å². The van der Waals surface area contributed by atoms with E-state index in [9.17, 15) is 14.4 Å². The van der Waals surface area contributed by atoms with Crippen LogP contribution in [0.4, 0.5) is 17.1 Å². The third-order valence-corrected chi connectivity index (χ3v) is 3.43. The average Bonchev–Trinajstić information content (AvgIpc) is 2.85. The standard InChI is InChI=1S/C17H15N3O3/c1-10(21)18-13-3-2-4-14(9-13)19-17(23)11-5-6-15-12(7-11)8-16(22)20-15/h2-7,9H,8H2,1H3,(H,18,21)(H,19,23)(H,20,22). The Labute approximate surface area is 132 Å². The van der Waals surface area contributed by atoms with E-state index in [-0.39, 0.29) is 24.1 Å². The first-order valence-corrected chi connectivity index (χ1v) is 7.13. The number of amides is 3. The smallest absolute Gasteiger partial charge is 0.255 e. The zero-order chi connectivity index (χ0) is 16.4. The van der Waals surface area contributed by atoms with E-state index in [2.05, 4.69) is 16.0 Å². The highest BCUT2D eigenvalue weighted by atomic mass is 16.2. The normalized spacial score (nSPS) is 12.3. The summed E-state index contributed by atoms with van der Waals surface area (Å²) in [5.74, 6) is -0.517. The number of carbonyl (C=O) groups is 3. The van der Waals surface area contributed by atoms with Crippen molar-refractivity contribution in [1.82, 2.24) is 0 Å². The summed E-state index contributed by atoms with van der Waals surface area (Å²) in [6, 6.07) is 12.0. The second kappa shape index (κ2) is 5.92. The van der Waals surface area contributed by atoms with E-state index in [1.807, 2.05) is 0 Å². The van der Waals surface area contributed by atoms with Crippen LogP contribution in [0.3, 0.4) is 0 Å². The van der Waals surface area contributed by atoms with Gasteiger partial charge in [-0.3, -0.25) is 14.4 Å². The maximum atomic E-state index is 12.3. The monoisotopic (exact) mass is 309 g/mol. The zero-order valence-electron chi connectivity index (χ0n) is 12.5. The van der Waals surface area contributed by atoms with Crippen LogP contribution in [0.1, 0.15) is 22.8 Å². The predicted molar refractivity (Wildman–Crippen MR) is 87.5 cm³/mol. The quantitative estimate of drug-likeness (QED) is 0.813. The van der Waals surface area contributed by atoms with Crippen molar-refractivity contribution < 1.29 is 14.4 Å². The molecule has 1 heterocycles. The summed E-state index contributed by atoms with van der Waals surface area (Å²) in [6.45, 7) is 1.42. The number of benzene rings is 2. The molecule has 1 aliphatic heterocycles. The lowest BCUT2D eigenvalue weighted by Gasteiger charge is -2.08. The molecule has 0 saturated heterocycles. The fourth-order valence-corrected chi connectivity index (χ4v) is 2.45. The number of nitrogens with one attached hydrogen (secondary N) is 3. The molecule has 0 atom stereocenters. The maximum Gasteiger partial charge on any atom is 0.255 e. The van der Waals surface area contributed by atoms with Crippen LogP contribution in [0.2, 0.25) is 0 Å². The minimum Gasteiger partial charge on any atom is -0.326 e. The van der Waals surface area contributed by atoms with E-state index < -0.39 is 0 Å². The van der Waals surface area contributed by atoms with Gasteiger partial charge in [0.05, 0.1) is 6.42 Å². The Morgan fingerprint density at radius 2 is 1.78 bits per heavy atom. The molecular weight excluding hydrogens is 294 g/mol. The highest BCUT2D eigenvalue weighted by molar-refractivity contribution is 6.06. The van der Waals surface area contributed by atoms with E-state index in [1.54, 1.807) is 42.5 Å². The number of carbonyl (C=O) groups excluding carboxylic acids is 3. The van der Waals surface area contributed by atoms with Crippen LogP contribution in [-0.4, -0.2) is 17.7 Å². The van der Waals surface area contributed by atoms with Gasteiger partial charge in [0, 0.05) is 29.5 Å². The second-order valence-electron chi connectivity index (χ2n) is 5.31. The van der Waals surface area contributed by atoms with Crippen molar-refractivity contribution >= 4 is 34.8 Å². The molecule has 0 fully saturated rings. The lowest BCUT2D eigenvalue weighted by atomic mass is 10.1. The summed E-state index contributed by atoms with van der Waals surface area (Å²) in [5.41, 5.74) is 3.23. The molecule has 0 unspecified atom stereocenters. The Balaban J connectivity index is 1.76. The second-order valence-corrected chi connectivity index (χ2v) is 5.31. The minimum atomic E-state index is -0.271. The Hall–Kier alpha value is -3.15. The van der Waals surface area contributed by atoms with Crippen molar-refractivity contribution in [2.75, 3.05) is 16.0 Å². The number of hydrogen-bond donors (Lipinski definition) is 3. The number of fused-ring (bicyclic) bond motifs is 1. The third-order valence-electron chi connectivity index (χ3n) is 3.43. The first-order valence-electron chi connectivity index (χ1n) is 7.13. The number of hydrogen-bond acceptors (Lipinski definition) is 3. The summed E-state index contributed by atoms with van der Waals surface area (Å²) in [5, 5.41) is 8.17. The Kier molecular flexibility index (Phi) is 3.80. The first kappa shape index (κ1) is 14.8. The molecule has 2 aromatic rings. The maximum absolute atomic E-state index is 12.3. The van der Waals surface area contributed by atoms with Gasteiger partial charge in [-0.1, -0.05) is 6.07 Å². The van der Waals surface area contributed by atoms with Crippen LogP contribution in [0.15, 0.2) is 42.5 Å². The van der Waals surface area contributed by atoms with Gasteiger partial charge in [0.15, 0.2) is 0 Å². The van der Waals surface area contributed by atoms with Crippen molar-refractivity contribution in [2.24, 2.45) is 0 Å². The van der Waals surface area contributed by atoms with Crippen LogP contribution >= 0.6 is 0 Å². The molecule has 0 bridgehead atoms. The van der Waals surface area contributed by atoms with Gasteiger partial charge < -0.3 is 16.0 Å². The van der Waals surface area contributed by atoms with E-state index in [1.165, 1.54) is 6.92 Å². The Bertz CT molecular complexity index is 814. The molecular formula is C17H15N3O3. The van der Waals surface area contributed by atoms with Crippen LogP contribution < -0.4 is 16.0 Å². The van der Waals surface area contributed by atoms with Gasteiger partial charge in [0.1, 0.15) is 0 Å². The molecule has 2 aromatic carbocycles. The lowest BCUT2D eigenvalue weighted by molar-refractivity contribution is -0.115. The molecule has 0 radical (unpaired) electrons. The molecule has 3 amide bonds. The van der Waals surface area contributed by atoms with Gasteiger partial charge >= 0.3 is 0 Å². The van der Waals surface area contributed by atoms with E-state index in [0.717, 1.165) is 11.3 Å². The summed E-state index contributed by atoms with van der Waals surface area (Å²) in [6.07, 6.45) is 0.286. The summed E-state index contributed by atoms with van der Waals surface area (Å²) >= 11 is 0. The molecule has 0 saturated carbocycles. The Morgan fingerprint density at radius 3 is 2.52 bits per heavy atom. The largest absolute Gasteiger partial charge is 0.326 e. The fourth-order valence-electron chi connectivity index (χ4n) is 2.45. The molecule has 23 heavy (non-hydrogen) atoms. The van der Waals surface area contributed by atoms with Gasteiger partial charge in [-0.15, -0.1) is 0 Å². The first-order chi connectivity index (χ1) is 11.0. The van der Waals surface area contributed by atoms with Crippen LogP contribution in [0, 0.1) is 0 Å². The van der Waals surface area contributed by atoms with Crippen molar-refractivity contribution in [2.45, 2.75) is 13.3 Å². The molecule has 3 N–H and O–H groups in total. The number of rotatable bonds is 3. The summed E-state index contributed by atoms with van der Waals surface area (Å²) in [4.78, 5) is 34.7. The molecule has 116 valence electrons. The summed E-state index contributed by atoms with van der Waals surface area (Å²) in [7, 11) is 0. The fraction of sp³-hybridized carbons (Fsp3) is 0.118. The molecule has 0 aliphatic carbocycles. The zero-order valence-corrected chi connectivity index (χ0v) is 12.5. The number of anilines is 3. The van der Waals surface area contributed by atoms with Gasteiger partial charge in [-0.2, -0.15) is 0 Å². The van der Waals surface area contributed by atoms with Gasteiger partial charge in [0.25, 0.3) is 5.91 Å². The SMILES string of the molecule is CC(=O)Nc1cccc(NC(=O)c2ccc3c(c2)CC(=O)N3)c1. The van der Waals surface area contributed by atoms with E-state index in [0.29, 0.717) is 16.9 Å². The highest BCUT2D eigenvalue weighted by Gasteiger charge is 2.19. The van der Waals surface area contributed by atoms with Crippen molar-refractivity contribution in [3.05, 3.63) is 53.6 Å². The van der Waals surface area contributed by atoms with Crippen LogP contribution in [-0.2, 0) is 16.0 Å².